The number of hydrogen-bond donors (Lipinski definition) is 1. The molecule has 2 aromatic rings. The fraction of sp³-hybridized carbons (Fsp3) is 0.227. The molecule has 1 heterocycles. The largest absolute Gasteiger partial charge is 0.326 e. The van der Waals surface area contributed by atoms with E-state index in [-0.39, 0.29) is 17.7 Å². The molecular weight excluding hydrogens is 372 g/mol. The highest BCUT2D eigenvalue weighted by atomic mass is 32.2. The molecular formula is C22H22N2O3S. The number of rotatable bonds is 5. The fourth-order valence-corrected chi connectivity index (χ4v) is 4.00. The molecule has 0 spiro atoms. The van der Waals surface area contributed by atoms with E-state index in [0.717, 1.165) is 11.1 Å². The van der Waals surface area contributed by atoms with E-state index in [1.165, 1.54) is 23.6 Å². The maximum absolute atomic E-state index is 13.3. The Bertz CT molecular complexity index is 993. The van der Waals surface area contributed by atoms with Crippen LogP contribution in [-0.2, 0) is 14.4 Å². The molecule has 0 bridgehead atoms. The summed E-state index contributed by atoms with van der Waals surface area (Å²) in [6, 6.07) is 12.7. The van der Waals surface area contributed by atoms with Crippen LogP contribution in [0, 0.1) is 13.8 Å². The van der Waals surface area contributed by atoms with Crippen molar-refractivity contribution in [2.75, 3.05) is 16.0 Å². The van der Waals surface area contributed by atoms with Gasteiger partial charge in [-0.15, -0.1) is 11.8 Å². The van der Waals surface area contributed by atoms with Gasteiger partial charge in [-0.2, -0.15) is 0 Å². The minimum absolute atomic E-state index is 0.164. The van der Waals surface area contributed by atoms with Crippen LogP contribution >= 0.6 is 11.8 Å². The predicted molar refractivity (Wildman–Crippen MR) is 114 cm³/mol. The average Bonchev–Trinajstić information content (AvgIpc) is 2.88. The Hall–Kier alpha value is -2.86. The number of benzene rings is 2. The van der Waals surface area contributed by atoms with Gasteiger partial charge in [-0.25, -0.2) is 4.90 Å². The summed E-state index contributed by atoms with van der Waals surface area (Å²) in [5, 5.41) is 2.70. The van der Waals surface area contributed by atoms with Crippen LogP contribution in [0.15, 0.2) is 47.4 Å². The minimum Gasteiger partial charge on any atom is -0.326 e. The molecule has 3 amide bonds. The first kappa shape index (κ1) is 19.9. The van der Waals surface area contributed by atoms with Crippen LogP contribution in [0.3, 0.4) is 0 Å². The van der Waals surface area contributed by atoms with Gasteiger partial charge in [0.2, 0.25) is 5.91 Å². The fourth-order valence-electron chi connectivity index (χ4n) is 3.15. The Labute approximate surface area is 168 Å². The van der Waals surface area contributed by atoms with Gasteiger partial charge in [0.25, 0.3) is 11.8 Å². The van der Waals surface area contributed by atoms with Crippen LogP contribution in [0.5, 0.6) is 0 Å². The average molecular weight is 394 g/mol. The van der Waals surface area contributed by atoms with E-state index in [0.29, 0.717) is 33.2 Å². The first-order valence-corrected chi connectivity index (χ1v) is 10.0. The standard InChI is InChI=1S/C22H22N2O3S/c1-5-28-20-19(16-8-10-17(11-9-16)23-15(4)25)21(26)24(22(20)27)18-12-13(2)6-7-14(18)3/h6-12H,5H2,1-4H3,(H,23,25). The molecule has 0 unspecified atom stereocenters. The van der Waals surface area contributed by atoms with Gasteiger partial charge < -0.3 is 5.32 Å². The van der Waals surface area contributed by atoms with Crippen molar-refractivity contribution in [1.29, 1.82) is 0 Å². The first-order chi connectivity index (χ1) is 13.3. The van der Waals surface area contributed by atoms with E-state index in [1.54, 1.807) is 24.3 Å². The molecule has 1 aliphatic rings. The van der Waals surface area contributed by atoms with E-state index >= 15 is 0 Å². The molecule has 0 atom stereocenters. The van der Waals surface area contributed by atoms with Crippen LogP contribution in [0.25, 0.3) is 5.57 Å². The zero-order valence-electron chi connectivity index (χ0n) is 16.3. The molecule has 0 aromatic heterocycles. The molecule has 3 rings (SSSR count). The molecule has 1 aliphatic heterocycles. The quantitative estimate of drug-likeness (QED) is 0.768. The van der Waals surface area contributed by atoms with Crippen molar-refractivity contribution < 1.29 is 14.4 Å². The van der Waals surface area contributed by atoms with Crippen LogP contribution in [-0.4, -0.2) is 23.5 Å². The van der Waals surface area contributed by atoms with E-state index in [1.807, 2.05) is 39.0 Å². The number of carbonyl (C=O) groups is 3. The number of imide groups is 1. The van der Waals surface area contributed by atoms with Crippen molar-refractivity contribution in [2.24, 2.45) is 0 Å². The first-order valence-electron chi connectivity index (χ1n) is 9.04. The number of hydrogen-bond acceptors (Lipinski definition) is 4. The van der Waals surface area contributed by atoms with Crippen molar-refractivity contribution in [2.45, 2.75) is 27.7 Å². The summed E-state index contributed by atoms with van der Waals surface area (Å²) < 4.78 is 0. The topological polar surface area (TPSA) is 66.5 Å². The number of aryl methyl sites for hydroxylation is 2. The van der Waals surface area contributed by atoms with Gasteiger partial charge in [0.15, 0.2) is 0 Å². The molecule has 0 saturated carbocycles. The molecule has 0 fully saturated rings. The summed E-state index contributed by atoms with van der Waals surface area (Å²) in [7, 11) is 0. The monoisotopic (exact) mass is 394 g/mol. The Morgan fingerprint density at radius 1 is 1.04 bits per heavy atom. The maximum Gasteiger partial charge on any atom is 0.272 e. The second kappa shape index (κ2) is 8.02. The van der Waals surface area contributed by atoms with E-state index < -0.39 is 0 Å². The summed E-state index contributed by atoms with van der Waals surface area (Å²) in [6.07, 6.45) is 0. The van der Waals surface area contributed by atoms with Gasteiger partial charge in [-0.05, 0) is 54.5 Å². The van der Waals surface area contributed by atoms with E-state index in [4.69, 9.17) is 0 Å². The van der Waals surface area contributed by atoms with Gasteiger partial charge in [-0.3, -0.25) is 14.4 Å². The minimum atomic E-state index is -0.318. The van der Waals surface area contributed by atoms with Crippen LogP contribution in [0.2, 0.25) is 0 Å². The molecule has 1 N–H and O–H groups in total. The highest BCUT2D eigenvalue weighted by molar-refractivity contribution is 8.04. The SMILES string of the molecule is CCSC1=C(c2ccc(NC(C)=O)cc2)C(=O)N(c2cc(C)ccc2C)C1=O. The van der Waals surface area contributed by atoms with Gasteiger partial charge in [-0.1, -0.05) is 31.2 Å². The summed E-state index contributed by atoms with van der Waals surface area (Å²) in [6.45, 7) is 7.22. The number of nitrogens with one attached hydrogen (secondary N) is 1. The lowest BCUT2D eigenvalue weighted by Crippen LogP contribution is -2.32. The molecule has 6 heteroatoms. The van der Waals surface area contributed by atoms with Crippen molar-refractivity contribution in [3.8, 4) is 0 Å². The third-order valence-corrected chi connectivity index (χ3v) is 5.39. The number of anilines is 2. The van der Waals surface area contributed by atoms with E-state index in [2.05, 4.69) is 5.32 Å². The van der Waals surface area contributed by atoms with Crippen molar-refractivity contribution in [1.82, 2.24) is 0 Å². The smallest absolute Gasteiger partial charge is 0.272 e. The normalized spacial score (nSPS) is 14.1. The zero-order valence-corrected chi connectivity index (χ0v) is 17.1. The number of nitrogens with zero attached hydrogens (tertiary/aromatic N) is 1. The van der Waals surface area contributed by atoms with Crippen LogP contribution in [0.4, 0.5) is 11.4 Å². The lowest BCUT2D eigenvalue weighted by molar-refractivity contribution is -0.120. The third kappa shape index (κ3) is 3.73. The molecule has 0 radical (unpaired) electrons. The summed E-state index contributed by atoms with van der Waals surface area (Å²) in [4.78, 5) is 39.4. The second-order valence-corrected chi connectivity index (χ2v) is 7.91. The third-order valence-electron chi connectivity index (χ3n) is 4.43. The van der Waals surface area contributed by atoms with Crippen molar-refractivity contribution >= 4 is 46.4 Å². The van der Waals surface area contributed by atoms with Crippen molar-refractivity contribution in [3.63, 3.8) is 0 Å². The summed E-state index contributed by atoms with van der Waals surface area (Å²) in [5.74, 6) is -0.0847. The number of thioether (sulfide) groups is 1. The Morgan fingerprint density at radius 2 is 1.71 bits per heavy atom. The molecule has 144 valence electrons. The number of amides is 3. The lowest BCUT2D eigenvalue weighted by atomic mass is 10.1. The molecule has 2 aromatic carbocycles. The number of carbonyl (C=O) groups excluding carboxylic acids is 3. The summed E-state index contributed by atoms with van der Waals surface area (Å²) >= 11 is 1.37. The highest BCUT2D eigenvalue weighted by Crippen LogP contribution is 2.39. The Balaban J connectivity index is 2.05. The van der Waals surface area contributed by atoms with Crippen molar-refractivity contribution in [3.05, 3.63) is 64.1 Å². The van der Waals surface area contributed by atoms with Gasteiger partial charge in [0, 0.05) is 12.6 Å². The molecule has 5 nitrogen and oxygen atoms in total. The molecule has 0 aliphatic carbocycles. The Kier molecular flexibility index (Phi) is 5.70. The van der Waals surface area contributed by atoms with Gasteiger partial charge in [0.1, 0.15) is 0 Å². The second-order valence-electron chi connectivity index (χ2n) is 6.63. The van der Waals surface area contributed by atoms with Crippen LogP contribution in [0.1, 0.15) is 30.5 Å². The highest BCUT2D eigenvalue weighted by Gasteiger charge is 2.40. The Morgan fingerprint density at radius 3 is 2.32 bits per heavy atom. The molecule has 28 heavy (non-hydrogen) atoms. The van der Waals surface area contributed by atoms with Crippen LogP contribution < -0.4 is 10.2 Å². The lowest BCUT2D eigenvalue weighted by Gasteiger charge is -2.18. The zero-order chi connectivity index (χ0) is 20.4. The predicted octanol–water partition coefficient (Wildman–Crippen LogP) is 4.30. The molecule has 0 saturated heterocycles. The summed E-state index contributed by atoms with van der Waals surface area (Å²) in [5.41, 5.74) is 4.19. The van der Waals surface area contributed by atoms with E-state index in [9.17, 15) is 14.4 Å². The van der Waals surface area contributed by atoms with Gasteiger partial charge >= 0.3 is 0 Å². The van der Waals surface area contributed by atoms with Gasteiger partial charge in [0.05, 0.1) is 16.2 Å². The maximum atomic E-state index is 13.3.